The maximum atomic E-state index is 12.2. The second-order valence-corrected chi connectivity index (χ2v) is 6.88. The van der Waals surface area contributed by atoms with Gasteiger partial charge in [0.15, 0.2) is 16.7 Å². The van der Waals surface area contributed by atoms with Crippen LogP contribution in [0.1, 0.15) is 19.4 Å². The highest BCUT2D eigenvalue weighted by molar-refractivity contribution is 8.18. The molecule has 7 heteroatoms. The quantitative estimate of drug-likeness (QED) is 0.828. The summed E-state index contributed by atoms with van der Waals surface area (Å²) in [5.74, 6) is 0.101. The zero-order valence-electron chi connectivity index (χ0n) is 13.9. The lowest BCUT2D eigenvalue weighted by molar-refractivity contribution is -0.113. The van der Waals surface area contributed by atoms with Gasteiger partial charge in [0.25, 0.3) is 5.91 Å². The normalized spacial score (nSPS) is 26.0. The van der Waals surface area contributed by atoms with E-state index in [1.165, 1.54) is 18.9 Å². The molecule has 1 N–H and O–H groups in total. The molecule has 1 aromatic rings. The molecule has 1 saturated heterocycles. The Labute approximate surface area is 145 Å². The van der Waals surface area contributed by atoms with E-state index in [1.54, 1.807) is 24.3 Å². The number of carbonyl (C=O) groups is 1. The minimum atomic E-state index is -0.288. The van der Waals surface area contributed by atoms with Crippen LogP contribution in [0.2, 0.25) is 0 Å². The maximum absolute atomic E-state index is 12.2. The Bertz CT molecular complexity index is 707. The number of benzene rings is 1. The molecule has 0 aromatic heterocycles. The molecule has 0 bridgehead atoms. The highest BCUT2D eigenvalue weighted by Crippen LogP contribution is 2.36. The Morgan fingerprint density at radius 1 is 1.38 bits per heavy atom. The Morgan fingerprint density at radius 2 is 2.08 bits per heavy atom. The van der Waals surface area contributed by atoms with Gasteiger partial charge >= 0.3 is 0 Å². The van der Waals surface area contributed by atoms with Gasteiger partial charge in [0, 0.05) is 18.7 Å². The van der Waals surface area contributed by atoms with Gasteiger partial charge in [0.1, 0.15) is 0 Å². The maximum Gasteiger partial charge on any atom is 0.286 e. The molecule has 0 saturated carbocycles. The van der Waals surface area contributed by atoms with Crippen LogP contribution in [0.15, 0.2) is 28.1 Å². The van der Waals surface area contributed by atoms with Crippen LogP contribution in [0.4, 0.5) is 0 Å². The van der Waals surface area contributed by atoms with E-state index < -0.39 is 0 Å². The van der Waals surface area contributed by atoms with Crippen LogP contribution in [0.5, 0.6) is 11.5 Å². The zero-order chi connectivity index (χ0) is 17.3. The number of hydrogen-bond acceptors (Lipinski definition) is 6. The lowest BCUT2D eigenvalue weighted by Crippen LogP contribution is -2.47. The number of phenols is 1. The molecule has 128 valence electrons. The average molecular weight is 348 g/mol. The summed E-state index contributed by atoms with van der Waals surface area (Å²) in [5, 5.41) is 10.9. The number of amidine groups is 1. The highest BCUT2D eigenvalue weighted by atomic mass is 32.2. The van der Waals surface area contributed by atoms with E-state index in [1.807, 2.05) is 13.8 Å². The topological polar surface area (TPSA) is 71.4 Å². The first-order valence-electron chi connectivity index (χ1n) is 7.77. The molecule has 0 unspecified atom stereocenters. The largest absolute Gasteiger partial charge is 0.504 e. The van der Waals surface area contributed by atoms with Crippen LogP contribution in [0.3, 0.4) is 0 Å². The fourth-order valence-electron chi connectivity index (χ4n) is 2.83. The standard InChI is InChI=1S/C17H20N2O4S/c1-10-8-19(9-11(2)23-10)17-18-16(21)14(24-17)7-12-5-4-6-13(22-3)15(12)20/h4-7,10-11,20H,8-9H2,1-3H3/b14-7-/t10-,11+. The first-order valence-corrected chi connectivity index (χ1v) is 8.58. The van der Waals surface area contributed by atoms with Gasteiger partial charge in [-0.05, 0) is 37.8 Å². The fourth-order valence-corrected chi connectivity index (χ4v) is 3.75. The van der Waals surface area contributed by atoms with E-state index in [0.717, 1.165) is 0 Å². The predicted molar refractivity (Wildman–Crippen MR) is 94.3 cm³/mol. The first kappa shape index (κ1) is 16.9. The van der Waals surface area contributed by atoms with Crippen LogP contribution in [-0.2, 0) is 9.53 Å². The number of aliphatic imine (C=N–C) groups is 1. The van der Waals surface area contributed by atoms with E-state index in [-0.39, 0.29) is 23.9 Å². The summed E-state index contributed by atoms with van der Waals surface area (Å²) in [5.41, 5.74) is 0.533. The summed E-state index contributed by atoms with van der Waals surface area (Å²) < 4.78 is 10.8. The highest BCUT2D eigenvalue weighted by Gasteiger charge is 2.31. The number of morpholine rings is 1. The number of aromatic hydroxyl groups is 1. The summed E-state index contributed by atoms with van der Waals surface area (Å²) in [6.07, 6.45) is 1.85. The van der Waals surface area contributed by atoms with Crippen molar-refractivity contribution in [1.82, 2.24) is 4.90 Å². The number of ether oxygens (including phenoxy) is 2. The number of phenolic OH excluding ortho intramolecular Hbond substituents is 1. The van der Waals surface area contributed by atoms with Crippen molar-refractivity contribution < 1.29 is 19.4 Å². The summed E-state index contributed by atoms with van der Waals surface area (Å²) >= 11 is 1.33. The second-order valence-electron chi connectivity index (χ2n) is 5.87. The molecule has 1 aromatic carbocycles. The van der Waals surface area contributed by atoms with Crippen LogP contribution >= 0.6 is 11.8 Å². The molecular weight excluding hydrogens is 328 g/mol. The van der Waals surface area contributed by atoms with Crippen molar-refractivity contribution in [2.75, 3.05) is 20.2 Å². The average Bonchev–Trinajstić information content (AvgIpc) is 2.89. The summed E-state index contributed by atoms with van der Waals surface area (Å²) in [7, 11) is 1.49. The van der Waals surface area contributed by atoms with Gasteiger partial charge in [-0.1, -0.05) is 12.1 Å². The monoisotopic (exact) mass is 348 g/mol. The molecule has 0 spiro atoms. The number of para-hydroxylation sites is 1. The SMILES string of the molecule is COc1cccc(/C=C2\SC(N3C[C@@H](C)O[C@@H](C)C3)=NC2=O)c1O. The van der Waals surface area contributed by atoms with E-state index in [0.29, 0.717) is 34.5 Å². The number of rotatable bonds is 2. The van der Waals surface area contributed by atoms with Crippen molar-refractivity contribution in [1.29, 1.82) is 0 Å². The molecule has 1 amide bonds. The van der Waals surface area contributed by atoms with Crippen LogP contribution in [0.25, 0.3) is 6.08 Å². The van der Waals surface area contributed by atoms with Crippen molar-refractivity contribution in [2.24, 2.45) is 4.99 Å². The van der Waals surface area contributed by atoms with Crippen LogP contribution in [0, 0.1) is 0 Å². The van der Waals surface area contributed by atoms with Gasteiger partial charge in [-0.25, -0.2) is 0 Å². The van der Waals surface area contributed by atoms with Gasteiger partial charge in [-0.15, -0.1) is 0 Å². The molecular formula is C17H20N2O4S. The molecule has 0 radical (unpaired) electrons. The van der Waals surface area contributed by atoms with E-state index in [9.17, 15) is 9.90 Å². The van der Waals surface area contributed by atoms with Gasteiger partial charge in [0.2, 0.25) is 0 Å². The van der Waals surface area contributed by atoms with E-state index >= 15 is 0 Å². The van der Waals surface area contributed by atoms with Crippen LogP contribution in [-0.4, -0.2) is 53.5 Å². The minimum Gasteiger partial charge on any atom is -0.504 e. The number of hydrogen-bond donors (Lipinski definition) is 1. The first-order chi connectivity index (χ1) is 11.5. The third-order valence-electron chi connectivity index (χ3n) is 3.84. The van der Waals surface area contributed by atoms with E-state index in [2.05, 4.69) is 9.89 Å². The molecule has 2 aliphatic rings. The summed E-state index contributed by atoms with van der Waals surface area (Å²) in [6.45, 7) is 5.44. The smallest absolute Gasteiger partial charge is 0.286 e. The molecule has 24 heavy (non-hydrogen) atoms. The molecule has 2 aliphatic heterocycles. The molecule has 1 fully saturated rings. The molecule has 6 nitrogen and oxygen atoms in total. The third kappa shape index (κ3) is 3.42. The Hall–Kier alpha value is -1.99. The molecule has 2 atom stereocenters. The van der Waals surface area contributed by atoms with Gasteiger partial charge < -0.3 is 19.5 Å². The molecule has 0 aliphatic carbocycles. The van der Waals surface area contributed by atoms with Crippen molar-refractivity contribution >= 4 is 28.9 Å². The third-order valence-corrected chi connectivity index (χ3v) is 4.88. The second kappa shape index (κ2) is 6.86. The van der Waals surface area contributed by atoms with Crippen molar-refractivity contribution in [3.63, 3.8) is 0 Å². The Balaban J connectivity index is 1.80. The van der Waals surface area contributed by atoms with Crippen molar-refractivity contribution in [3.05, 3.63) is 28.7 Å². The van der Waals surface area contributed by atoms with Gasteiger partial charge in [-0.3, -0.25) is 4.79 Å². The summed E-state index contributed by atoms with van der Waals surface area (Å²) in [4.78, 5) is 18.9. The Kier molecular flexibility index (Phi) is 4.82. The van der Waals surface area contributed by atoms with Gasteiger partial charge in [0.05, 0.1) is 24.2 Å². The number of amides is 1. The zero-order valence-corrected chi connectivity index (χ0v) is 14.7. The number of carbonyl (C=O) groups excluding carboxylic acids is 1. The lowest BCUT2D eigenvalue weighted by Gasteiger charge is -2.35. The van der Waals surface area contributed by atoms with E-state index in [4.69, 9.17) is 9.47 Å². The van der Waals surface area contributed by atoms with Crippen molar-refractivity contribution in [2.45, 2.75) is 26.1 Å². The molecule has 3 rings (SSSR count). The number of nitrogens with zero attached hydrogens (tertiary/aromatic N) is 2. The van der Waals surface area contributed by atoms with Crippen LogP contribution < -0.4 is 4.74 Å². The summed E-state index contributed by atoms with van der Waals surface area (Å²) in [6, 6.07) is 5.16. The van der Waals surface area contributed by atoms with Gasteiger partial charge in [-0.2, -0.15) is 4.99 Å². The van der Waals surface area contributed by atoms with Crippen molar-refractivity contribution in [3.8, 4) is 11.5 Å². The minimum absolute atomic E-state index is 0.0166. The number of thioether (sulfide) groups is 1. The lowest BCUT2D eigenvalue weighted by atomic mass is 10.1. The predicted octanol–water partition coefficient (Wildman–Crippen LogP) is 2.48. The Morgan fingerprint density at radius 3 is 2.75 bits per heavy atom. The number of methoxy groups -OCH3 is 1. The molecule has 2 heterocycles. The fraction of sp³-hybridized carbons (Fsp3) is 0.412.